The maximum absolute atomic E-state index is 6.04. The highest BCUT2D eigenvalue weighted by atomic mass is 32.1. The quantitative estimate of drug-likeness (QED) is 0.845. The summed E-state index contributed by atoms with van der Waals surface area (Å²) in [6, 6.07) is 3.71. The molecular formula is C13H14N2O3S. The molecule has 1 aromatic carbocycles. The summed E-state index contributed by atoms with van der Waals surface area (Å²) in [5.74, 6) is 2.04. The Bertz CT molecular complexity index is 637. The van der Waals surface area contributed by atoms with Gasteiger partial charge >= 0.3 is 0 Å². The Labute approximate surface area is 115 Å². The summed E-state index contributed by atoms with van der Waals surface area (Å²) in [7, 11) is 3.21. The van der Waals surface area contributed by atoms with Crippen molar-refractivity contribution in [3.05, 3.63) is 17.0 Å². The Morgan fingerprint density at radius 3 is 2.53 bits per heavy atom. The van der Waals surface area contributed by atoms with Crippen LogP contribution in [0.5, 0.6) is 17.2 Å². The van der Waals surface area contributed by atoms with E-state index in [-0.39, 0.29) is 0 Å². The first-order valence-electron chi connectivity index (χ1n) is 5.85. The molecule has 0 unspecified atom stereocenters. The molecule has 1 aliphatic heterocycles. The molecule has 0 saturated carbocycles. The van der Waals surface area contributed by atoms with Crippen LogP contribution in [0.2, 0.25) is 0 Å². The van der Waals surface area contributed by atoms with Crippen LogP contribution < -0.4 is 14.2 Å². The van der Waals surface area contributed by atoms with E-state index in [1.165, 1.54) is 11.5 Å². The zero-order valence-electron chi connectivity index (χ0n) is 11.2. The molecule has 6 heteroatoms. The fourth-order valence-electron chi connectivity index (χ4n) is 2.21. The molecule has 19 heavy (non-hydrogen) atoms. The summed E-state index contributed by atoms with van der Waals surface area (Å²) < 4.78 is 20.7. The average Bonchev–Trinajstić information content (AvgIpc) is 2.87. The Morgan fingerprint density at radius 2 is 1.84 bits per heavy atom. The van der Waals surface area contributed by atoms with Crippen LogP contribution in [0.15, 0.2) is 12.1 Å². The molecule has 0 spiro atoms. The first-order valence-corrected chi connectivity index (χ1v) is 6.62. The summed E-state index contributed by atoms with van der Waals surface area (Å²) in [5, 5.41) is 4.22. The van der Waals surface area contributed by atoms with Crippen LogP contribution in [0.25, 0.3) is 11.3 Å². The maximum Gasteiger partial charge on any atom is 0.164 e. The van der Waals surface area contributed by atoms with E-state index in [4.69, 9.17) is 14.2 Å². The molecule has 2 aromatic rings. The summed E-state index contributed by atoms with van der Waals surface area (Å²) >= 11 is 1.36. The molecule has 0 atom stereocenters. The molecule has 3 rings (SSSR count). The van der Waals surface area contributed by atoms with Gasteiger partial charge in [-0.2, -0.15) is 0 Å². The van der Waals surface area contributed by atoms with Crippen molar-refractivity contribution >= 4 is 11.5 Å². The third-order valence-corrected chi connectivity index (χ3v) is 4.17. The third-order valence-electron chi connectivity index (χ3n) is 3.14. The van der Waals surface area contributed by atoms with Gasteiger partial charge in [-0.1, -0.05) is 4.49 Å². The second kappa shape index (κ2) is 4.09. The Hall–Kier alpha value is -1.82. The molecular weight excluding hydrogens is 264 g/mol. The molecule has 2 heterocycles. The lowest BCUT2D eigenvalue weighted by Gasteiger charge is -2.31. The minimum Gasteiger partial charge on any atom is -0.493 e. The molecule has 5 nitrogen and oxygen atoms in total. The topological polar surface area (TPSA) is 53.5 Å². The number of nitrogens with zero attached hydrogens (tertiary/aromatic N) is 2. The highest BCUT2D eigenvalue weighted by Crippen LogP contribution is 2.49. The van der Waals surface area contributed by atoms with E-state index in [2.05, 4.69) is 9.59 Å². The number of hydrogen-bond donors (Lipinski definition) is 0. The van der Waals surface area contributed by atoms with Crippen molar-refractivity contribution < 1.29 is 14.2 Å². The van der Waals surface area contributed by atoms with Crippen LogP contribution >= 0.6 is 11.5 Å². The van der Waals surface area contributed by atoms with Crippen molar-refractivity contribution in [3.63, 3.8) is 0 Å². The number of ether oxygens (including phenoxy) is 3. The lowest BCUT2D eigenvalue weighted by molar-refractivity contribution is 0.109. The number of fused-ring (bicyclic) bond motifs is 3. The second-order valence-corrected chi connectivity index (χ2v) is 5.52. The van der Waals surface area contributed by atoms with Crippen LogP contribution in [0.1, 0.15) is 18.7 Å². The number of rotatable bonds is 2. The van der Waals surface area contributed by atoms with E-state index in [1.807, 2.05) is 26.0 Å². The van der Waals surface area contributed by atoms with Crippen molar-refractivity contribution in [2.75, 3.05) is 14.2 Å². The lowest BCUT2D eigenvalue weighted by atomic mass is 9.97. The standard InChI is InChI=1S/C13H14N2O3S/c1-13(2)12-11(14-15-19-12)7-5-9(16-3)10(17-4)6-8(7)18-13/h5-6H,1-4H3. The van der Waals surface area contributed by atoms with Gasteiger partial charge in [0.1, 0.15) is 17.0 Å². The summed E-state index contributed by atoms with van der Waals surface area (Å²) in [6.45, 7) is 4.01. The maximum atomic E-state index is 6.04. The van der Waals surface area contributed by atoms with E-state index in [0.717, 1.165) is 21.9 Å². The number of hydrogen-bond acceptors (Lipinski definition) is 6. The molecule has 1 aliphatic rings. The first-order chi connectivity index (χ1) is 9.06. The lowest BCUT2D eigenvalue weighted by Crippen LogP contribution is -2.28. The van der Waals surface area contributed by atoms with Gasteiger partial charge in [-0.25, -0.2) is 0 Å². The zero-order valence-corrected chi connectivity index (χ0v) is 12.0. The van der Waals surface area contributed by atoms with Crippen LogP contribution in [-0.4, -0.2) is 23.8 Å². The molecule has 0 fully saturated rings. The molecule has 0 N–H and O–H groups in total. The van der Waals surface area contributed by atoms with Crippen molar-refractivity contribution in [1.82, 2.24) is 9.59 Å². The molecule has 0 bridgehead atoms. The van der Waals surface area contributed by atoms with Gasteiger partial charge in [0.25, 0.3) is 0 Å². The SMILES string of the molecule is COc1cc2c(cc1OC)-c1nnsc1C(C)(C)O2. The predicted octanol–water partition coefficient (Wildman–Crippen LogP) is 2.85. The molecule has 1 aromatic heterocycles. The summed E-state index contributed by atoms with van der Waals surface area (Å²) in [4.78, 5) is 1.02. The summed E-state index contributed by atoms with van der Waals surface area (Å²) in [5.41, 5.74) is 1.31. The van der Waals surface area contributed by atoms with E-state index < -0.39 is 5.60 Å². The Kier molecular flexibility index (Phi) is 2.63. The molecule has 0 aliphatic carbocycles. The van der Waals surface area contributed by atoms with Gasteiger partial charge in [-0.15, -0.1) is 5.10 Å². The van der Waals surface area contributed by atoms with Crippen molar-refractivity contribution in [2.24, 2.45) is 0 Å². The number of aromatic nitrogens is 2. The monoisotopic (exact) mass is 278 g/mol. The van der Waals surface area contributed by atoms with Gasteiger partial charge in [0.2, 0.25) is 0 Å². The van der Waals surface area contributed by atoms with Crippen LogP contribution in [0.4, 0.5) is 0 Å². The van der Waals surface area contributed by atoms with Gasteiger partial charge < -0.3 is 14.2 Å². The van der Waals surface area contributed by atoms with E-state index in [1.54, 1.807) is 14.2 Å². The normalized spacial score (nSPS) is 15.2. The average molecular weight is 278 g/mol. The molecule has 0 radical (unpaired) electrons. The van der Waals surface area contributed by atoms with E-state index >= 15 is 0 Å². The number of methoxy groups -OCH3 is 2. The molecule has 0 saturated heterocycles. The minimum atomic E-state index is -0.434. The van der Waals surface area contributed by atoms with Crippen LogP contribution in [-0.2, 0) is 5.60 Å². The minimum absolute atomic E-state index is 0.434. The molecule has 0 amide bonds. The van der Waals surface area contributed by atoms with Gasteiger partial charge in [0.05, 0.1) is 19.1 Å². The van der Waals surface area contributed by atoms with E-state index in [0.29, 0.717) is 11.5 Å². The third kappa shape index (κ3) is 1.74. The van der Waals surface area contributed by atoms with Crippen molar-refractivity contribution in [2.45, 2.75) is 19.4 Å². The van der Waals surface area contributed by atoms with Crippen LogP contribution in [0.3, 0.4) is 0 Å². The largest absolute Gasteiger partial charge is 0.493 e. The first kappa shape index (κ1) is 12.2. The fraction of sp³-hybridized carbons (Fsp3) is 0.385. The van der Waals surface area contributed by atoms with Crippen molar-refractivity contribution in [1.29, 1.82) is 0 Å². The highest BCUT2D eigenvalue weighted by Gasteiger charge is 2.36. The fourth-order valence-corrected chi connectivity index (χ4v) is 2.92. The van der Waals surface area contributed by atoms with Gasteiger partial charge in [-0.3, -0.25) is 0 Å². The second-order valence-electron chi connectivity index (χ2n) is 4.77. The number of benzene rings is 1. The molecule has 100 valence electrons. The van der Waals surface area contributed by atoms with Gasteiger partial charge in [0, 0.05) is 11.6 Å². The Morgan fingerprint density at radius 1 is 1.16 bits per heavy atom. The Balaban J connectivity index is 2.25. The van der Waals surface area contributed by atoms with Gasteiger partial charge in [-0.05, 0) is 31.4 Å². The predicted molar refractivity (Wildman–Crippen MR) is 72.1 cm³/mol. The highest BCUT2D eigenvalue weighted by molar-refractivity contribution is 7.06. The van der Waals surface area contributed by atoms with Crippen LogP contribution in [0, 0.1) is 0 Å². The van der Waals surface area contributed by atoms with E-state index in [9.17, 15) is 0 Å². The zero-order chi connectivity index (χ0) is 13.6. The van der Waals surface area contributed by atoms with Crippen molar-refractivity contribution in [3.8, 4) is 28.5 Å². The van der Waals surface area contributed by atoms with Gasteiger partial charge in [0.15, 0.2) is 11.5 Å². The smallest absolute Gasteiger partial charge is 0.164 e. The summed E-state index contributed by atoms with van der Waals surface area (Å²) in [6.07, 6.45) is 0.